The lowest BCUT2D eigenvalue weighted by Gasteiger charge is -2.05. The van der Waals surface area contributed by atoms with Crippen LogP contribution in [0.15, 0.2) is 36.7 Å². The number of nitrogens with zero attached hydrogens (tertiary/aromatic N) is 3. The molecule has 0 saturated carbocycles. The monoisotopic (exact) mass is 302 g/mol. The van der Waals surface area contributed by atoms with Gasteiger partial charge in [0.25, 0.3) is 0 Å². The van der Waals surface area contributed by atoms with Gasteiger partial charge in [-0.25, -0.2) is 9.67 Å². The molecule has 1 heterocycles. The van der Waals surface area contributed by atoms with Crippen molar-refractivity contribution in [3.63, 3.8) is 0 Å². The summed E-state index contributed by atoms with van der Waals surface area (Å²) in [5.74, 6) is -0.244. The third-order valence-corrected chi connectivity index (χ3v) is 2.76. The Morgan fingerprint density at radius 2 is 1.95 bits per heavy atom. The fourth-order valence-electron chi connectivity index (χ4n) is 1.76. The van der Waals surface area contributed by atoms with Crippen LogP contribution < -0.4 is 16.0 Å². The van der Waals surface area contributed by atoms with Crippen LogP contribution in [-0.2, 0) is 22.7 Å². The summed E-state index contributed by atoms with van der Waals surface area (Å²) in [5, 5.41) is 12.0. The molecule has 116 valence electrons. The Morgan fingerprint density at radius 1 is 1.18 bits per heavy atom. The highest BCUT2D eigenvalue weighted by Crippen LogP contribution is 1.98. The predicted molar refractivity (Wildman–Crippen MR) is 80.9 cm³/mol. The molecule has 1 aromatic carbocycles. The quantitative estimate of drug-likeness (QED) is 0.655. The van der Waals surface area contributed by atoms with E-state index in [0.29, 0.717) is 6.54 Å². The summed E-state index contributed by atoms with van der Waals surface area (Å²) in [5.41, 5.74) is 1.02. The number of aromatic nitrogens is 3. The topological polar surface area (TPSA) is 101 Å². The van der Waals surface area contributed by atoms with Gasteiger partial charge in [-0.1, -0.05) is 30.3 Å². The molecular formula is C14H18N6O2. The van der Waals surface area contributed by atoms with Gasteiger partial charge >= 0.3 is 0 Å². The maximum absolute atomic E-state index is 11.8. The molecule has 0 aliphatic heterocycles. The molecule has 1 aromatic heterocycles. The number of hydrogen-bond acceptors (Lipinski definition) is 5. The zero-order valence-electron chi connectivity index (χ0n) is 12.2. The van der Waals surface area contributed by atoms with E-state index in [2.05, 4.69) is 26.0 Å². The molecule has 0 fully saturated rings. The van der Waals surface area contributed by atoms with Gasteiger partial charge < -0.3 is 10.6 Å². The van der Waals surface area contributed by atoms with Gasteiger partial charge in [-0.3, -0.25) is 14.9 Å². The molecular weight excluding hydrogens is 284 g/mol. The first-order valence-corrected chi connectivity index (χ1v) is 6.82. The number of likely N-dealkylation sites (N-methyl/N-ethyl adjacent to an activating group) is 1. The summed E-state index contributed by atoms with van der Waals surface area (Å²) in [6.07, 6.45) is 1.40. The van der Waals surface area contributed by atoms with Crippen molar-refractivity contribution in [2.24, 2.45) is 0 Å². The van der Waals surface area contributed by atoms with Crippen LogP contribution in [0.4, 0.5) is 5.95 Å². The van der Waals surface area contributed by atoms with Crippen molar-refractivity contribution in [1.29, 1.82) is 0 Å². The van der Waals surface area contributed by atoms with Gasteiger partial charge in [0.15, 0.2) is 0 Å². The van der Waals surface area contributed by atoms with E-state index in [1.54, 1.807) is 7.05 Å². The smallest absolute Gasteiger partial charge is 0.248 e. The summed E-state index contributed by atoms with van der Waals surface area (Å²) in [4.78, 5) is 27.1. The Bertz CT molecular complexity index is 625. The second-order valence-electron chi connectivity index (χ2n) is 4.61. The minimum absolute atomic E-state index is 0.0434. The number of hydrogen-bond donors (Lipinski definition) is 3. The van der Waals surface area contributed by atoms with E-state index in [0.717, 1.165) is 5.56 Å². The minimum atomic E-state index is -0.242. The van der Waals surface area contributed by atoms with E-state index in [4.69, 9.17) is 0 Å². The van der Waals surface area contributed by atoms with Crippen LogP contribution in [0.1, 0.15) is 5.56 Å². The SMILES string of the molecule is CNCC(=O)Nc1ncn(CC(=O)NCc2ccccc2)n1. The van der Waals surface area contributed by atoms with Gasteiger partial charge in [0.1, 0.15) is 12.9 Å². The molecule has 0 spiro atoms. The van der Waals surface area contributed by atoms with Crippen LogP contribution >= 0.6 is 0 Å². The van der Waals surface area contributed by atoms with E-state index in [1.165, 1.54) is 11.0 Å². The Balaban J connectivity index is 1.79. The molecule has 3 N–H and O–H groups in total. The lowest BCUT2D eigenvalue weighted by atomic mass is 10.2. The Hall–Kier alpha value is -2.74. The van der Waals surface area contributed by atoms with E-state index in [-0.39, 0.29) is 30.9 Å². The van der Waals surface area contributed by atoms with Crippen molar-refractivity contribution in [3.05, 3.63) is 42.2 Å². The van der Waals surface area contributed by atoms with Gasteiger partial charge in [-0.15, -0.1) is 5.10 Å². The van der Waals surface area contributed by atoms with Crippen LogP contribution in [-0.4, -0.2) is 40.2 Å². The van der Waals surface area contributed by atoms with E-state index < -0.39 is 0 Å². The molecule has 0 aliphatic rings. The van der Waals surface area contributed by atoms with E-state index in [9.17, 15) is 9.59 Å². The normalized spacial score (nSPS) is 10.2. The van der Waals surface area contributed by atoms with Crippen molar-refractivity contribution in [3.8, 4) is 0 Å². The Kier molecular flexibility index (Phi) is 5.61. The van der Waals surface area contributed by atoms with Gasteiger partial charge in [0, 0.05) is 6.54 Å². The first-order valence-electron chi connectivity index (χ1n) is 6.82. The summed E-state index contributed by atoms with van der Waals surface area (Å²) in [6.45, 7) is 0.675. The highest BCUT2D eigenvalue weighted by Gasteiger charge is 2.08. The molecule has 8 nitrogen and oxygen atoms in total. The molecule has 0 saturated heterocycles. The predicted octanol–water partition coefficient (Wildman–Crippen LogP) is -0.248. The third kappa shape index (κ3) is 4.98. The van der Waals surface area contributed by atoms with Crippen molar-refractivity contribution in [1.82, 2.24) is 25.4 Å². The van der Waals surface area contributed by atoms with Gasteiger partial charge in [0.05, 0.1) is 6.54 Å². The highest BCUT2D eigenvalue weighted by molar-refractivity contribution is 5.90. The molecule has 0 atom stereocenters. The largest absolute Gasteiger partial charge is 0.350 e. The Labute approximate surface area is 127 Å². The zero-order chi connectivity index (χ0) is 15.8. The fraction of sp³-hybridized carbons (Fsp3) is 0.286. The van der Waals surface area contributed by atoms with Gasteiger partial charge in [-0.2, -0.15) is 0 Å². The summed E-state index contributed by atoms with van der Waals surface area (Å²) >= 11 is 0. The summed E-state index contributed by atoms with van der Waals surface area (Å²) < 4.78 is 1.37. The van der Waals surface area contributed by atoms with Crippen molar-refractivity contribution < 1.29 is 9.59 Å². The molecule has 2 rings (SSSR count). The molecule has 0 radical (unpaired) electrons. The Morgan fingerprint density at radius 3 is 2.68 bits per heavy atom. The number of amides is 2. The van der Waals surface area contributed by atoms with Crippen molar-refractivity contribution in [2.45, 2.75) is 13.1 Å². The van der Waals surface area contributed by atoms with Crippen LogP contribution in [0.3, 0.4) is 0 Å². The summed E-state index contributed by atoms with van der Waals surface area (Å²) in [6, 6.07) is 9.62. The average Bonchev–Trinajstić information content (AvgIpc) is 2.93. The van der Waals surface area contributed by atoms with Gasteiger partial charge in [-0.05, 0) is 12.6 Å². The average molecular weight is 302 g/mol. The molecule has 2 aromatic rings. The van der Waals surface area contributed by atoms with E-state index in [1.807, 2.05) is 30.3 Å². The molecule has 22 heavy (non-hydrogen) atoms. The van der Waals surface area contributed by atoms with Gasteiger partial charge in [0.2, 0.25) is 17.8 Å². The first kappa shape index (κ1) is 15.6. The minimum Gasteiger partial charge on any atom is -0.350 e. The number of nitrogens with one attached hydrogen (secondary N) is 3. The second-order valence-corrected chi connectivity index (χ2v) is 4.61. The van der Waals surface area contributed by atoms with Crippen LogP contribution in [0.5, 0.6) is 0 Å². The van der Waals surface area contributed by atoms with Crippen LogP contribution in [0.2, 0.25) is 0 Å². The maximum Gasteiger partial charge on any atom is 0.248 e. The number of rotatable bonds is 7. The standard InChI is InChI=1S/C14H18N6O2/c1-15-8-12(21)18-14-17-10-20(19-14)9-13(22)16-7-11-5-3-2-4-6-11/h2-6,10,15H,7-9H2,1H3,(H,16,22)(H,18,19,21). The van der Waals surface area contributed by atoms with Crippen LogP contribution in [0.25, 0.3) is 0 Å². The highest BCUT2D eigenvalue weighted by atomic mass is 16.2. The van der Waals surface area contributed by atoms with Crippen molar-refractivity contribution in [2.75, 3.05) is 18.9 Å². The van der Waals surface area contributed by atoms with Crippen molar-refractivity contribution >= 4 is 17.8 Å². The van der Waals surface area contributed by atoms with E-state index >= 15 is 0 Å². The molecule has 0 unspecified atom stereocenters. The molecule has 2 amide bonds. The number of carbonyl (C=O) groups is 2. The maximum atomic E-state index is 11.8. The molecule has 8 heteroatoms. The third-order valence-electron chi connectivity index (χ3n) is 2.76. The summed E-state index contributed by atoms with van der Waals surface area (Å²) in [7, 11) is 1.67. The lowest BCUT2D eigenvalue weighted by Crippen LogP contribution is -2.27. The number of benzene rings is 1. The molecule has 0 bridgehead atoms. The fourth-order valence-corrected chi connectivity index (χ4v) is 1.76. The first-order chi connectivity index (χ1) is 10.7. The van der Waals surface area contributed by atoms with Crippen LogP contribution in [0, 0.1) is 0 Å². The molecule has 0 aliphatic carbocycles. The lowest BCUT2D eigenvalue weighted by molar-refractivity contribution is -0.122. The number of anilines is 1. The number of carbonyl (C=O) groups excluding carboxylic acids is 2. The second kappa shape index (κ2) is 7.89. The zero-order valence-corrected chi connectivity index (χ0v) is 12.2.